The first-order chi connectivity index (χ1) is 7.70. The Morgan fingerprint density at radius 1 is 1.31 bits per heavy atom. The van der Waals surface area contributed by atoms with Crippen LogP contribution in [0.5, 0.6) is 0 Å². The van der Waals surface area contributed by atoms with Crippen molar-refractivity contribution in [2.45, 2.75) is 20.3 Å². The molecule has 0 atom stereocenters. The summed E-state index contributed by atoms with van der Waals surface area (Å²) in [6, 6.07) is 3.70. The van der Waals surface area contributed by atoms with Gasteiger partial charge in [-0.2, -0.15) is 0 Å². The molecule has 0 aliphatic heterocycles. The maximum absolute atomic E-state index is 5.96. The highest BCUT2D eigenvalue weighted by atomic mass is 35.5. The Labute approximate surface area is 99.5 Å². The van der Waals surface area contributed by atoms with E-state index in [1.165, 1.54) is 0 Å². The van der Waals surface area contributed by atoms with E-state index in [4.69, 9.17) is 11.6 Å². The number of halogens is 1. The number of pyridine rings is 1. The van der Waals surface area contributed by atoms with Crippen LogP contribution in [-0.4, -0.2) is 15.0 Å². The fraction of sp³-hybridized carbons (Fsp3) is 0.250. The SMILES string of the molecule is CCc1cc(Cl)nc(-c2ccncc2C)n1. The molecular formula is C12H12ClN3. The third kappa shape index (κ3) is 2.19. The highest BCUT2D eigenvalue weighted by molar-refractivity contribution is 6.29. The summed E-state index contributed by atoms with van der Waals surface area (Å²) in [6.45, 7) is 4.03. The minimum absolute atomic E-state index is 0.484. The first-order valence-corrected chi connectivity index (χ1v) is 5.53. The van der Waals surface area contributed by atoms with Gasteiger partial charge in [0, 0.05) is 23.7 Å². The molecule has 2 heterocycles. The van der Waals surface area contributed by atoms with Gasteiger partial charge >= 0.3 is 0 Å². The molecule has 0 N–H and O–H groups in total. The highest BCUT2D eigenvalue weighted by Gasteiger charge is 2.07. The Kier molecular flexibility index (Phi) is 3.15. The average molecular weight is 234 g/mol. The maximum Gasteiger partial charge on any atom is 0.161 e. The lowest BCUT2D eigenvalue weighted by atomic mass is 10.1. The summed E-state index contributed by atoms with van der Waals surface area (Å²) in [5.74, 6) is 0.671. The van der Waals surface area contributed by atoms with E-state index in [1.54, 1.807) is 18.5 Å². The van der Waals surface area contributed by atoms with Crippen LogP contribution in [0.1, 0.15) is 18.2 Å². The molecule has 0 aliphatic rings. The van der Waals surface area contributed by atoms with Crippen molar-refractivity contribution in [2.24, 2.45) is 0 Å². The molecule has 2 aromatic rings. The first kappa shape index (κ1) is 11.0. The largest absolute Gasteiger partial charge is 0.264 e. The van der Waals surface area contributed by atoms with Crippen molar-refractivity contribution in [3.05, 3.63) is 40.9 Å². The highest BCUT2D eigenvalue weighted by Crippen LogP contribution is 2.20. The summed E-state index contributed by atoms with van der Waals surface area (Å²) in [5.41, 5.74) is 2.98. The number of aryl methyl sites for hydroxylation is 2. The predicted octanol–water partition coefficient (Wildman–Crippen LogP) is 3.06. The number of hydrogen-bond acceptors (Lipinski definition) is 3. The molecule has 0 radical (unpaired) electrons. The van der Waals surface area contributed by atoms with Gasteiger partial charge in [0.2, 0.25) is 0 Å². The van der Waals surface area contributed by atoms with Gasteiger partial charge in [0.15, 0.2) is 5.82 Å². The topological polar surface area (TPSA) is 38.7 Å². The molecule has 82 valence electrons. The van der Waals surface area contributed by atoms with E-state index in [-0.39, 0.29) is 0 Å². The van der Waals surface area contributed by atoms with Gasteiger partial charge in [-0.05, 0) is 31.0 Å². The van der Waals surface area contributed by atoms with Gasteiger partial charge in [-0.15, -0.1) is 0 Å². The quantitative estimate of drug-likeness (QED) is 0.749. The molecule has 0 spiro atoms. The molecule has 0 amide bonds. The Balaban J connectivity index is 2.56. The Morgan fingerprint density at radius 2 is 2.12 bits per heavy atom. The van der Waals surface area contributed by atoms with Crippen LogP contribution in [0.4, 0.5) is 0 Å². The molecule has 0 bridgehead atoms. The van der Waals surface area contributed by atoms with E-state index in [0.717, 1.165) is 23.2 Å². The second-order valence-corrected chi connectivity index (χ2v) is 3.94. The lowest BCUT2D eigenvalue weighted by molar-refractivity contribution is 1.00. The number of aromatic nitrogens is 3. The van der Waals surface area contributed by atoms with Crippen molar-refractivity contribution < 1.29 is 0 Å². The second kappa shape index (κ2) is 4.58. The van der Waals surface area contributed by atoms with Crippen molar-refractivity contribution in [1.29, 1.82) is 0 Å². The zero-order chi connectivity index (χ0) is 11.5. The molecule has 2 rings (SSSR count). The monoisotopic (exact) mass is 233 g/mol. The fourth-order valence-corrected chi connectivity index (χ4v) is 1.70. The molecule has 0 aliphatic carbocycles. The summed E-state index contributed by atoms with van der Waals surface area (Å²) in [5, 5.41) is 0.484. The first-order valence-electron chi connectivity index (χ1n) is 5.15. The molecule has 4 heteroatoms. The van der Waals surface area contributed by atoms with Gasteiger partial charge in [-0.25, -0.2) is 9.97 Å². The van der Waals surface area contributed by atoms with Crippen LogP contribution in [0, 0.1) is 6.92 Å². The third-order valence-corrected chi connectivity index (χ3v) is 2.56. The summed E-state index contributed by atoms with van der Waals surface area (Å²) in [6.07, 6.45) is 4.38. The van der Waals surface area contributed by atoms with Gasteiger partial charge in [0.1, 0.15) is 5.15 Å². The van der Waals surface area contributed by atoms with Crippen LogP contribution in [-0.2, 0) is 6.42 Å². The maximum atomic E-state index is 5.96. The van der Waals surface area contributed by atoms with E-state index in [1.807, 2.05) is 19.9 Å². The Morgan fingerprint density at radius 3 is 2.81 bits per heavy atom. The van der Waals surface area contributed by atoms with Crippen molar-refractivity contribution >= 4 is 11.6 Å². The molecular weight excluding hydrogens is 222 g/mol. The van der Waals surface area contributed by atoms with Crippen molar-refractivity contribution in [3.8, 4) is 11.4 Å². The summed E-state index contributed by atoms with van der Waals surface area (Å²) >= 11 is 5.96. The predicted molar refractivity (Wildman–Crippen MR) is 64.4 cm³/mol. The molecule has 0 unspecified atom stereocenters. The summed E-state index contributed by atoms with van der Waals surface area (Å²) in [4.78, 5) is 12.7. The van der Waals surface area contributed by atoms with Crippen LogP contribution in [0.2, 0.25) is 5.15 Å². The standard InChI is InChI=1S/C12H12ClN3/c1-3-9-6-11(13)16-12(15-9)10-4-5-14-7-8(10)2/h4-7H,3H2,1-2H3. The van der Waals surface area contributed by atoms with E-state index >= 15 is 0 Å². The van der Waals surface area contributed by atoms with Gasteiger partial charge in [0.25, 0.3) is 0 Å². The van der Waals surface area contributed by atoms with E-state index < -0.39 is 0 Å². The zero-order valence-electron chi connectivity index (χ0n) is 9.24. The van der Waals surface area contributed by atoms with Gasteiger partial charge in [-0.3, -0.25) is 4.98 Å². The van der Waals surface area contributed by atoms with E-state index in [9.17, 15) is 0 Å². The zero-order valence-corrected chi connectivity index (χ0v) is 9.99. The van der Waals surface area contributed by atoms with Crippen LogP contribution in [0.15, 0.2) is 24.5 Å². The van der Waals surface area contributed by atoms with Crippen LogP contribution < -0.4 is 0 Å². The molecule has 0 saturated heterocycles. The summed E-state index contributed by atoms with van der Waals surface area (Å²) in [7, 11) is 0. The van der Waals surface area contributed by atoms with Crippen LogP contribution in [0.3, 0.4) is 0 Å². The number of hydrogen-bond donors (Lipinski definition) is 0. The van der Waals surface area contributed by atoms with Crippen molar-refractivity contribution in [2.75, 3.05) is 0 Å². The number of rotatable bonds is 2. The normalized spacial score (nSPS) is 10.4. The lowest BCUT2D eigenvalue weighted by Crippen LogP contribution is -1.96. The minimum atomic E-state index is 0.484. The molecule has 0 fully saturated rings. The smallest absolute Gasteiger partial charge is 0.161 e. The molecule has 0 saturated carbocycles. The van der Waals surface area contributed by atoms with E-state index in [2.05, 4.69) is 15.0 Å². The van der Waals surface area contributed by atoms with Crippen LogP contribution >= 0.6 is 11.6 Å². The molecule has 0 aromatic carbocycles. The van der Waals surface area contributed by atoms with Gasteiger partial charge in [-0.1, -0.05) is 18.5 Å². The third-order valence-electron chi connectivity index (χ3n) is 2.37. The average Bonchev–Trinajstić information content (AvgIpc) is 2.28. The van der Waals surface area contributed by atoms with Crippen LogP contribution in [0.25, 0.3) is 11.4 Å². The summed E-state index contributed by atoms with van der Waals surface area (Å²) < 4.78 is 0. The second-order valence-electron chi connectivity index (χ2n) is 3.55. The molecule has 3 nitrogen and oxygen atoms in total. The minimum Gasteiger partial charge on any atom is -0.264 e. The Hall–Kier alpha value is -1.48. The van der Waals surface area contributed by atoms with Crippen molar-refractivity contribution in [1.82, 2.24) is 15.0 Å². The molecule has 16 heavy (non-hydrogen) atoms. The number of nitrogens with zero attached hydrogens (tertiary/aromatic N) is 3. The fourth-order valence-electron chi connectivity index (χ4n) is 1.49. The van der Waals surface area contributed by atoms with Gasteiger partial charge in [0.05, 0.1) is 0 Å². The van der Waals surface area contributed by atoms with E-state index in [0.29, 0.717) is 11.0 Å². The lowest BCUT2D eigenvalue weighted by Gasteiger charge is -2.05. The molecule has 2 aromatic heterocycles. The van der Waals surface area contributed by atoms with Crippen molar-refractivity contribution in [3.63, 3.8) is 0 Å². The van der Waals surface area contributed by atoms with Gasteiger partial charge < -0.3 is 0 Å². The Bertz CT molecular complexity index is 511.